The first kappa shape index (κ1) is 32.6. The number of rotatable bonds is 7. The lowest BCUT2D eigenvalue weighted by Gasteiger charge is -2.48. The Kier molecular flexibility index (Phi) is 9.38. The van der Waals surface area contributed by atoms with Gasteiger partial charge in [0, 0.05) is 43.8 Å². The van der Waals surface area contributed by atoms with Crippen LogP contribution in [0, 0.1) is 5.92 Å². The Balaban J connectivity index is 1.39. The fraction of sp³-hybridized carbons (Fsp3) is 0.515. The molecule has 2 aromatic heterocycles. The fourth-order valence-corrected chi connectivity index (χ4v) is 7.50. The second-order valence-corrected chi connectivity index (χ2v) is 18.6. The molecule has 0 radical (unpaired) electrons. The van der Waals surface area contributed by atoms with Crippen molar-refractivity contribution in [2.45, 2.75) is 76.7 Å². The first-order chi connectivity index (χ1) is 21.2. The van der Waals surface area contributed by atoms with E-state index >= 15 is 0 Å². The van der Waals surface area contributed by atoms with E-state index in [9.17, 15) is 14.7 Å². The smallest absolute Gasteiger partial charge is 0.405 e. The zero-order chi connectivity index (χ0) is 32.5. The van der Waals surface area contributed by atoms with E-state index in [0.29, 0.717) is 30.2 Å². The zero-order valence-electron chi connectivity index (χ0n) is 27.1. The van der Waals surface area contributed by atoms with Gasteiger partial charge in [0.05, 0.1) is 40.9 Å². The summed E-state index contributed by atoms with van der Waals surface area (Å²) in [6, 6.07) is 9.29. The maximum Gasteiger partial charge on any atom is 0.405 e. The Morgan fingerprint density at radius 1 is 1.13 bits per heavy atom. The molecule has 1 aromatic carbocycles. The van der Waals surface area contributed by atoms with Crippen molar-refractivity contribution in [3.8, 4) is 0 Å². The van der Waals surface area contributed by atoms with E-state index in [-0.39, 0.29) is 28.4 Å². The van der Waals surface area contributed by atoms with E-state index in [1.807, 2.05) is 18.2 Å². The molecule has 45 heavy (non-hydrogen) atoms. The van der Waals surface area contributed by atoms with Gasteiger partial charge in [0.15, 0.2) is 14.0 Å². The summed E-state index contributed by atoms with van der Waals surface area (Å²) >= 11 is 0. The molecule has 0 bridgehead atoms. The van der Waals surface area contributed by atoms with Gasteiger partial charge in [-0.1, -0.05) is 39.8 Å². The molecule has 12 heteroatoms. The molecular formula is C33H46N6O5Si. The van der Waals surface area contributed by atoms with E-state index < -0.39 is 26.4 Å². The molecule has 3 atom stereocenters. The predicted octanol–water partition coefficient (Wildman–Crippen LogP) is 5.84. The van der Waals surface area contributed by atoms with Gasteiger partial charge >= 0.3 is 6.09 Å². The Labute approximate surface area is 266 Å². The monoisotopic (exact) mass is 634 g/mol. The van der Waals surface area contributed by atoms with Gasteiger partial charge in [-0.25, -0.2) is 9.78 Å². The molecule has 2 amide bonds. The van der Waals surface area contributed by atoms with Crippen molar-refractivity contribution in [1.29, 1.82) is 0 Å². The van der Waals surface area contributed by atoms with Crippen LogP contribution in [0.15, 0.2) is 42.7 Å². The quantitative estimate of drug-likeness (QED) is 0.235. The molecule has 3 aromatic rings. The molecular weight excluding hydrogens is 588 g/mol. The third-order valence-corrected chi connectivity index (χ3v) is 14.1. The van der Waals surface area contributed by atoms with Gasteiger partial charge < -0.3 is 35.5 Å². The van der Waals surface area contributed by atoms with Gasteiger partial charge in [-0.05, 0) is 60.7 Å². The SMILES string of the molecule is C[C@H]1CN(c2ccncc2NC(=O)c2nc3cc(C4CCOCC4)ccc3cc2N)C[C@@H](NC(=O)O)[C@H]1O[Si](C)(C)C(C)(C)C. The molecule has 242 valence electrons. The number of amides is 2. The van der Waals surface area contributed by atoms with Gasteiger partial charge in [-0.3, -0.25) is 9.78 Å². The average Bonchev–Trinajstić information content (AvgIpc) is 2.98. The first-order valence-corrected chi connectivity index (χ1v) is 18.6. The molecule has 0 spiro atoms. The number of nitrogens with zero attached hydrogens (tertiary/aromatic N) is 3. The Morgan fingerprint density at radius 2 is 1.87 bits per heavy atom. The highest BCUT2D eigenvalue weighted by Crippen LogP contribution is 2.40. The largest absolute Gasteiger partial charge is 0.465 e. The summed E-state index contributed by atoms with van der Waals surface area (Å²) in [6.45, 7) is 15.4. The van der Waals surface area contributed by atoms with E-state index in [4.69, 9.17) is 19.9 Å². The minimum Gasteiger partial charge on any atom is -0.465 e. The van der Waals surface area contributed by atoms with Crippen LogP contribution in [-0.2, 0) is 9.16 Å². The number of fused-ring (bicyclic) bond motifs is 1. The van der Waals surface area contributed by atoms with Crippen molar-refractivity contribution in [2.75, 3.05) is 42.3 Å². The Morgan fingerprint density at radius 3 is 2.56 bits per heavy atom. The van der Waals surface area contributed by atoms with Crippen LogP contribution in [0.4, 0.5) is 21.9 Å². The predicted molar refractivity (Wildman–Crippen MR) is 180 cm³/mol. The van der Waals surface area contributed by atoms with E-state index in [2.05, 4.69) is 67.4 Å². The lowest BCUT2D eigenvalue weighted by molar-refractivity contribution is 0.0722. The van der Waals surface area contributed by atoms with E-state index in [0.717, 1.165) is 37.1 Å². The maximum absolute atomic E-state index is 13.7. The summed E-state index contributed by atoms with van der Waals surface area (Å²) in [6.07, 6.45) is 3.78. The van der Waals surface area contributed by atoms with Crippen LogP contribution in [0.3, 0.4) is 0 Å². The third-order valence-electron chi connectivity index (χ3n) is 9.59. The lowest BCUT2D eigenvalue weighted by atomic mass is 9.91. The van der Waals surface area contributed by atoms with Crippen LogP contribution >= 0.6 is 0 Å². The number of piperidine rings is 1. The number of pyridine rings is 2. The number of carboxylic acid groups (broad SMARTS) is 1. The minimum atomic E-state index is -2.18. The highest BCUT2D eigenvalue weighted by atomic mass is 28.4. The number of nitrogens with two attached hydrogens (primary N) is 1. The average molecular weight is 635 g/mol. The number of anilines is 3. The normalized spacial score (nSPS) is 21.5. The van der Waals surface area contributed by atoms with Crippen LogP contribution in [0.1, 0.15) is 62.5 Å². The van der Waals surface area contributed by atoms with Gasteiger partial charge in [-0.2, -0.15) is 0 Å². The second kappa shape index (κ2) is 12.9. The zero-order valence-corrected chi connectivity index (χ0v) is 28.1. The van der Waals surface area contributed by atoms with Crippen molar-refractivity contribution >= 4 is 48.3 Å². The van der Waals surface area contributed by atoms with Crippen molar-refractivity contribution < 1.29 is 23.9 Å². The number of carbonyl (C=O) groups excluding carboxylic acids is 1. The second-order valence-electron chi connectivity index (χ2n) is 13.9. The summed E-state index contributed by atoms with van der Waals surface area (Å²) in [5.41, 5.74) is 9.88. The number of nitrogens with one attached hydrogen (secondary N) is 2. The number of carbonyl (C=O) groups is 2. The standard InChI is InChI=1S/C33H46N6O5Si/c1-20-18-39(19-27(38-32(41)42)30(20)44-45(5,6)33(2,3)4)28-9-12-35-17-26(28)37-31(40)29-24(34)15-23-8-7-22(16-25(23)36-29)21-10-13-43-14-11-21/h7-9,12,15-17,20-21,27,30,38H,10-11,13-14,18-19,34H2,1-6H3,(H,37,40)(H,41,42)/t20-,27+,30-/m0/s1. The number of hydrogen-bond donors (Lipinski definition) is 4. The molecule has 2 aliphatic heterocycles. The van der Waals surface area contributed by atoms with Crippen LogP contribution in [0.2, 0.25) is 18.1 Å². The minimum absolute atomic E-state index is 0.00385. The molecule has 4 heterocycles. The summed E-state index contributed by atoms with van der Waals surface area (Å²) in [5.74, 6) is -0.0373. The van der Waals surface area contributed by atoms with Crippen LogP contribution < -0.4 is 21.3 Å². The molecule has 5 rings (SSSR count). The maximum atomic E-state index is 13.7. The highest BCUT2D eigenvalue weighted by molar-refractivity contribution is 6.74. The van der Waals surface area contributed by atoms with Crippen LogP contribution in [0.25, 0.3) is 10.9 Å². The molecule has 5 N–H and O–H groups in total. The van der Waals surface area contributed by atoms with E-state index in [1.165, 1.54) is 5.56 Å². The lowest BCUT2D eigenvalue weighted by Crippen LogP contribution is -2.62. The highest BCUT2D eigenvalue weighted by Gasteiger charge is 2.45. The Hall–Kier alpha value is -3.74. The number of hydrogen-bond acceptors (Lipinski definition) is 8. The topological polar surface area (TPSA) is 152 Å². The van der Waals surface area contributed by atoms with Crippen LogP contribution in [0.5, 0.6) is 0 Å². The molecule has 2 aliphatic rings. The molecule has 0 unspecified atom stereocenters. The molecule has 2 fully saturated rings. The molecule has 0 aliphatic carbocycles. The summed E-state index contributed by atoms with van der Waals surface area (Å²) < 4.78 is 12.3. The third kappa shape index (κ3) is 7.23. The van der Waals surface area contributed by atoms with E-state index in [1.54, 1.807) is 18.5 Å². The molecule has 11 nitrogen and oxygen atoms in total. The molecule has 0 saturated carbocycles. The van der Waals surface area contributed by atoms with Gasteiger partial charge in [0.1, 0.15) is 0 Å². The fourth-order valence-electron chi connectivity index (χ4n) is 6.07. The number of benzene rings is 1. The van der Waals surface area contributed by atoms with Crippen LogP contribution in [-0.4, -0.2) is 73.8 Å². The van der Waals surface area contributed by atoms with Crippen molar-refractivity contribution in [3.63, 3.8) is 0 Å². The number of aromatic nitrogens is 2. The van der Waals surface area contributed by atoms with Gasteiger partial charge in [0.25, 0.3) is 5.91 Å². The van der Waals surface area contributed by atoms with Gasteiger partial charge in [-0.15, -0.1) is 0 Å². The van der Waals surface area contributed by atoms with Crippen molar-refractivity contribution in [2.24, 2.45) is 5.92 Å². The summed E-state index contributed by atoms with van der Waals surface area (Å²) in [7, 11) is -2.18. The first-order valence-electron chi connectivity index (χ1n) is 15.7. The summed E-state index contributed by atoms with van der Waals surface area (Å²) in [5, 5.41) is 16.3. The summed E-state index contributed by atoms with van der Waals surface area (Å²) in [4.78, 5) is 36.6. The van der Waals surface area contributed by atoms with Gasteiger partial charge in [0.2, 0.25) is 0 Å². The number of nitrogen functional groups attached to an aromatic ring is 1. The number of ether oxygens (including phenoxy) is 1. The molecule has 2 saturated heterocycles. The van der Waals surface area contributed by atoms with Crippen molar-refractivity contribution in [1.82, 2.24) is 15.3 Å². The Bertz CT molecular complexity index is 1550. The van der Waals surface area contributed by atoms with Crippen molar-refractivity contribution in [3.05, 3.63) is 54.0 Å².